The van der Waals surface area contributed by atoms with E-state index in [9.17, 15) is 29.2 Å². The average molecular weight is 913 g/mol. The number of nitrogens with zero attached hydrogens (tertiary/aromatic N) is 4. The van der Waals surface area contributed by atoms with Gasteiger partial charge in [0.15, 0.2) is 23.2 Å². The van der Waals surface area contributed by atoms with Gasteiger partial charge in [0.2, 0.25) is 11.8 Å². The van der Waals surface area contributed by atoms with Crippen LogP contribution in [-0.4, -0.2) is 90.0 Å². The van der Waals surface area contributed by atoms with E-state index in [0.29, 0.717) is 45.3 Å². The number of rotatable bonds is 19. The predicted octanol–water partition coefficient (Wildman–Crippen LogP) is 5.77. The van der Waals surface area contributed by atoms with Crippen molar-refractivity contribution in [2.45, 2.75) is 96.6 Å². The Labute approximate surface area is 393 Å². The lowest BCUT2D eigenvalue weighted by Crippen LogP contribution is -2.46. The molecule has 0 saturated heterocycles. The van der Waals surface area contributed by atoms with Crippen molar-refractivity contribution in [3.05, 3.63) is 94.8 Å². The zero-order valence-corrected chi connectivity index (χ0v) is 38.9. The monoisotopic (exact) mass is 912 g/mol. The molecule has 4 bridgehead atoms. The molecular weight excluding hydrogens is 849 g/mol. The van der Waals surface area contributed by atoms with Crippen molar-refractivity contribution in [3.8, 4) is 40.1 Å². The molecule has 6 rings (SSSR count). The largest absolute Gasteiger partial charge is 0.492 e. The summed E-state index contributed by atoms with van der Waals surface area (Å²) in [4.78, 5) is 81.5. The fraction of sp³-hybridized carbons (Fsp3) is 0.462. The fourth-order valence-electron chi connectivity index (χ4n) is 9.19. The van der Waals surface area contributed by atoms with Crippen LogP contribution in [0.5, 0.6) is 11.5 Å². The first-order valence-electron chi connectivity index (χ1n) is 23.4. The molecule has 4 aromatic rings. The Morgan fingerprint density at radius 3 is 2.22 bits per heavy atom. The zero-order valence-electron chi connectivity index (χ0n) is 38.9. The number of carbonyl (C=O) groups excluding carboxylic acids is 5. The Morgan fingerprint density at radius 1 is 0.910 bits per heavy atom. The number of nitrogens with one attached hydrogen (secondary N) is 1. The molecule has 2 amide bonds. The number of hydrogen-bond acceptors (Lipinski definition) is 13. The van der Waals surface area contributed by atoms with Crippen LogP contribution in [0.4, 0.5) is 0 Å². The number of carbonyl (C=O) groups is 5. The normalized spacial score (nSPS) is 18.0. The van der Waals surface area contributed by atoms with Crippen LogP contribution < -0.4 is 32.0 Å². The second-order valence-electron chi connectivity index (χ2n) is 17.8. The van der Waals surface area contributed by atoms with Crippen molar-refractivity contribution >= 4 is 29.2 Å². The third-order valence-electron chi connectivity index (χ3n) is 12.8. The average Bonchev–Trinajstić information content (AvgIpc) is 3.84. The minimum absolute atomic E-state index is 0.0292. The van der Waals surface area contributed by atoms with Crippen molar-refractivity contribution in [1.29, 1.82) is 5.26 Å². The molecule has 1 fully saturated rings. The molecule has 2 heterocycles. The first-order valence-corrected chi connectivity index (χ1v) is 23.4. The number of fused-ring (bicyclic) bond motifs is 5. The highest BCUT2D eigenvalue weighted by Gasteiger charge is 2.36. The van der Waals surface area contributed by atoms with Gasteiger partial charge in [-0.1, -0.05) is 69.0 Å². The van der Waals surface area contributed by atoms with Crippen LogP contribution in [-0.2, 0) is 32.0 Å². The Bertz CT molecular complexity index is 2450. The third-order valence-corrected chi connectivity index (χ3v) is 12.8. The molecular formula is C52H64N8O7. The number of nitriles is 1. The molecule has 2 aliphatic rings. The van der Waals surface area contributed by atoms with E-state index in [1.807, 2.05) is 24.3 Å². The second-order valence-corrected chi connectivity index (χ2v) is 17.8. The Hall–Kier alpha value is -6.34. The van der Waals surface area contributed by atoms with Crippen LogP contribution >= 0.6 is 0 Å². The molecule has 7 N–H and O–H groups in total. The number of benzene rings is 3. The summed E-state index contributed by atoms with van der Waals surface area (Å²) < 4.78 is 12.3. The SMILES string of the molecule is Cc1nc(-c2ccc(CC3CCCC3)cc2)ncc1C(=O)C[C@@H](CCN)C(=O)N(C)[C@@H]1C(=O)C[C@@H](C)C(=O)N[C@H](C(=O)CCC#N)Cc2ccc(OCCN)c(c2)-c2cc1ccc2OCCN. The maximum atomic E-state index is 14.8. The summed E-state index contributed by atoms with van der Waals surface area (Å²) in [5, 5.41) is 12.1. The van der Waals surface area contributed by atoms with Crippen LogP contribution in [0.15, 0.2) is 66.9 Å². The number of amides is 2. The van der Waals surface area contributed by atoms with Gasteiger partial charge in [-0.3, -0.25) is 24.0 Å². The zero-order chi connectivity index (χ0) is 48.0. The maximum Gasteiger partial charge on any atom is 0.226 e. The van der Waals surface area contributed by atoms with Gasteiger partial charge in [0.05, 0.1) is 23.4 Å². The second kappa shape index (κ2) is 23.9. The molecule has 67 heavy (non-hydrogen) atoms. The standard InChI is InChI=1S/C52H64N8O7/c1-32-25-46(63)49(60(3)52(65)39(18-20-54)30-45(62)42-31-57-50(58-33(42)2)37-13-10-35(11-14-37)26-34-7-4-5-8-34)38-15-17-48(67-24-22-56)41(29-38)40-27-36(12-16-47(40)66-23-21-55)28-43(59-51(32)64)44(61)9-6-19-53/h10-17,27,29,31-32,34,39,43,49H,4-9,18,20-26,28,30,54-56H2,1-3H3,(H,59,64)/t32-,39-,43+,49+/m1/s1. The molecule has 0 unspecified atom stereocenters. The number of likely N-dealkylation sites (N-methyl/N-ethyl adjacent to an activating group) is 1. The Kier molecular flexibility index (Phi) is 17.9. The number of ether oxygens (including phenoxy) is 2. The van der Waals surface area contributed by atoms with Gasteiger partial charge >= 0.3 is 0 Å². The predicted molar refractivity (Wildman–Crippen MR) is 255 cm³/mol. The van der Waals surface area contributed by atoms with E-state index in [1.165, 1.54) is 49.4 Å². The van der Waals surface area contributed by atoms with Gasteiger partial charge in [0, 0.05) is 80.5 Å². The maximum absolute atomic E-state index is 14.8. The van der Waals surface area contributed by atoms with Crippen LogP contribution in [0.2, 0.25) is 0 Å². The van der Waals surface area contributed by atoms with E-state index >= 15 is 0 Å². The summed E-state index contributed by atoms with van der Waals surface area (Å²) >= 11 is 0. The lowest BCUT2D eigenvalue weighted by Gasteiger charge is -2.32. The number of aromatic nitrogens is 2. The summed E-state index contributed by atoms with van der Waals surface area (Å²) in [6, 6.07) is 18.5. The lowest BCUT2D eigenvalue weighted by atomic mass is 9.88. The van der Waals surface area contributed by atoms with E-state index in [4.69, 9.17) is 31.7 Å². The smallest absolute Gasteiger partial charge is 0.226 e. The topological polar surface area (TPSA) is 247 Å². The van der Waals surface area contributed by atoms with Crippen molar-refractivity contribution in [2.24, 2.45) is 35.0 Å². The summed E-state index contributed by atoms with van der Waals surface area (Å²) in [5.74, 6) is -1.91. The highest BCUT2D eigenvalue weighted by atomic mass is 16.5. The summed E-state index contributed by atoms with van der Waals surface area (Å²) in [7, 11) is 1.51. The molecule has 1 aliphatic carbocycles. The van der Waals surface area contributed by atoms with Gasteiger partial charge in [0.25, 0.3) is 0 Å². The van der Waals surface area contributed by atoms with E-state index in [0.717, 1.165) is 17.9 Å². The van der Waals surface area contributed by atoms with Crippen molar-refractivity contribution in [3.63, 3.8) is 0 Å². The minimum Gasteiger partial charge on any atom is -0.492 e. The van der Waals surface area contributed by atoms with Gasteiger partial charge in [-0.05, 0) is 79.6 Å². The van der Waals surface area contributed by atoms with Gasteiger partial charge in [-0.15, -0.1) is 0 Å². The van der Waals surface area contributed by atoms with Crippen molar-refractivity contribution in [1.82, 2.24) is 20.2 Å². The number of aryl methyl sites for hydroxylation is 1. The highest BCUT2D eigenvalue weighted by molar-refractivity contribution is 6.00. The molecule has 1 aliphatic heterocycles. The third kappa shape index (κ3) is 12.8. The van der Waals surface area contributed by atoms with Crippen LogP contribution in [0.3, 0.4) is 0 Å². The minimum atomic E-state index is -1.23. The highest BCUT2D eigenvalue weighted by Crippen LogP contribution is 2.41. The number of Topliss-reactive ketones (excluding diaryl/α,β-unsaturated/α-hetero) is 3. The van der Waals surface area contributed by atoms with Gasteiger partial charge in [0.1, 0.15) is 30.8 Å². The number of hydrogen-bond donors (Lipinski definition) is 4. The van der Waals surface area contributed by atoms with E-state index in [-0.39, 0.29) is 88.5 Å². The van der Waals surface area contributed by atoms with Gasteiger partial charge in [-0.25, -0.2) is 9.97 Å². The molecule has 1 aromatic heterocycles. The molecule has 1 saturated carbocycles. The first-order chi connectivity index (χ1) is 32.3. The molecule has 15 heteroatoms. The first kappa shape index (κ1) is 50.1. The van der Waals surface area contributed by atoms with Crippen LogP contribution in [0, 0.1) is 36.0 Å². The Balaban J connectivity index is 1.34. The summed E-state index contributed by atoms with van der Waals surface area (Å²) in [5.41, 5.74) is 22.8. The lowest BCUT2D eigenvalue weighted by molar-refractivity contribution is -0.142. The number of nitrogens with two attached hydrogens (primary N) is 3. The summed E-state index contributed by atoms with van der Waals surface area (Å²) in [6.45, 7) is 4.20. The number of ketones is 3. The molecule has 354 valence electrons. The molecule has 0 radical (unpaired) electrons. The summed E-state index contributed by atoms with van der Waals surface area (Å²) in [6.07, 6.45) is 7.33. The van der Waals surface area contributed by atoms with Gasteiger partial charge in [-0.2, -0.15) is 5.26 Å². The fourth-order valence-corrected chi connectivity index (χ4v) is 9.19. The van der Waals surface area contributed by atoms with Crippen LogP contribution in [0.25, 0.3) is 22.5 Å². The van der Waals surface area contributed by atoms with Crippen LogP contribution in [0.1, 0.15) is 103 Å². The van der Waals surface area contributed by atoms with E-state index < -0.39 is 41.5 Å². The molecule has 3 aromatic carbocycles. The van der Waals surface area contributed by atoms with Crippen molar-refractivity contribution < 1.29 is 33.4 Å². The van der Waals surface area contributed by atoms with E-state index in [2.05, 4.69) is 22.4 Å². The molecule has 4 atom stereocenters. The molecule has 0 spiro atoms. The molecule has 15 nitrogen and oxygen atoms in total. The van der Waals surface area contributed by atoms with Gasteiger partial charge < -0.3 is 36.9 Å². The van der Waals surface area contributed by atoms with Crippen molar-refractivity contribution in [2.75, 3.05) is 39.9 Å². The Morgan fingerprint density at radius 2 is 1.58 bits per heavy atom. The van der Waals surface area contributed by atoms with E-state index in [1.54, 1.807) is 44.2 Å². The quantitative estimate of drug-likeness (QED) is 0.0817.